The van der Waals surface area contributed by atoms with E-state index in [0.29, 0.717) is 37.5 Å². The molecule has 0 N–H and O–H groups in total. The number of ketones is 1. The predicted molar refractivity (Wildman–Crippen MR) is 123 cm³/mol. The predicted octanol–water partition coefficient (Wildman–Crippen LogP) is 3.02. The standard InChI is InChI=1S/C25H29FN6O/c26-7-8-30-9-10-32-24(16-30)22(14-28-32)17-1-2-18-13-27-25(29-23(18)11-17)12-21(33)15-31-19-3-4-20(31)6-5-19/h1-2,11,13-14,19-20H,3-10,12,15-16H2. The Morgan fingerprint density at radius 2 is 1.91 bits per heavy atom. The van der Waals surface area contributed by atoms with Crippen LogP contribution < -0.4 is 0 Å². The van der Waals surface area contributed by atoms with Gasteiger partial charge in [-0.2, -0.15) is 5.10 Å². The van der Waals surface area contributed by atoms with Crippen molar-refractivity contribution in [1.82, 2.24) is 29.5 Å². The van der Waals surface area contributed by atoms with E-state index >= 15 is 0 Å². The van der Waals surface area contributed by atoms with Gasteiger partial charge in [0, 0.05) is 48.9 Å². The van der Waals surface area contributed by atoms with Crippen molar-refractivity contribution in [3.63, 3.8) is 0 Å². The van der Waals surface area contributed by atoms with Crippen LogP contribution in [0.25, 0.3) is 22.0 Å². The Morgan fingerprint density at radius 1 is 1.09 bits per heavy atom. The summed E-state index contributed by atoms with van der Waals surface area (Å²) < 4.78 is 14.9. The van der Waals surface area contributed by atoms with Crippen molar-refractivity contribution in [3.05, 3.63) is 42.1 Å². The molecule has 2 fully saturated rings. The summed E-state index contributed by atoms with van der Waals surface area (Å²) in [5.74, 6) is 0.783. The average Bonchev–Trinajstić information content (AvgIpc) is 3.53. The summed E-state index contributed by atoms with van der Waals surface area (Å²) in [5.41, 5.74) is 4.04. The Labute approximate surface area is 192 Å². The van der Waals surface area contributed by atoms with Crippen LogP contribution in [0, 0.1) is 0 Å². The maximum Gasteiger partial charge on any atom is 0.154 e. The summed E-state index contributed by atoms with van der Waals surface area (Å²) >= 11 is 0. The Hall–Kier alpha value is -2.71. The molecule has 6 rings (SSSR count). The molecule has 8 heteroatoms. The minimum Gasteiger partial charge on any atom is -0.298 e. The van der Waals surface area contributed by atoms with Gasteiger partial charge in [0.1, 0.15) is 12.5 Å². The number of rotatable bonds is 7. The van der Waals surface area contributed by atoms with Gasteiger partial charge >= 0.3 is 0 Å². The first kappa shape index (κ1) is 20.9. The molecule has 2 aromatic heterocycles. The molecule has 3 aromatic rings. The van der Waals surface area contributed by atoms with Crippen LogP contribution in [0.1, 0.15) is 37.2 Å². The van der Waals surface area contributed by atoms with E-state index in [1.54, 1.807) is 0 Å². The maximum absolute atomic E-state index is 12.9. The van der Waals surface area contributed by atoms with Gasteiger partial charge < -0.3 is 0 Å². The second kappa shape index (κ2) is 8.57. The number of halogens is 1. The average molecular weight is 449 g/mol. The Kier molecular flexibility index (Phi) is 5.42. The highest BCUT2D eigenvalue weighted by molar-refractivity contribution is 5.85. The Balaban J connectivity index is 1.22. The van der Waals surface area contributed by atoms with Gasteiger partial charge in [-0.15, -0.1) is 0 Å². The highest BCUT2D eigenvalue weighted by Gasteiger charge is 2.39. The minimum absolute atomic E-state index is 0.197. The number of carbonyl (C=O) groups excluding carboxylic acids is 1. The third-order valence-corrected chi connectivity index (χ3v) is 7.61. The summed E-state index contributed by atoms with van der Waals surface area (Å²) in [6.45, 7) is 2.92. The number of Topliss-reactive ketones (excluding diaryl/α,β-unsaturated/α-hetero) is 1. The molecule has 1 aromatic carbocycles. The molecule has 0 aliphatic carbocycles. The molecular formula is C25H29FN6O. The van der Waals surface area contributed by atoms with Crippen molar-refractivity contribution >= 4 is 16.7 Å². The molecule has 2 saturated heterocycles. The summed E-state index contributed by atoms with van der Waals surface area (Å²) in [5, 5.41) is 5.50. The van der Waals surface area contributed by atoms with Crippen LogP contribution in [0.2, 0.25) is 0 Å². The van der Waals surface area contributed by atoms with Crippen molar-refractivity contribution in [2.45, 2.75) is 57.3 Å². The van der Waals surface area contributed by atoms with E-state index in [0.717, 1.165) is 40.8 Å². The molecule has 0 amide bonds. The quantitative estimate of drug-likeness (QED) is 0.554. The van der Waals surface area contributed by atoms with Gasteiger partial charge in [-0.3, -0.25) is 19.3 Å². The van der Waals surface area contributed by atoms with Crippen LogP contribution in [0.3, 0.4) is 0 Å². The van der Waals surface area contributed by atoms with Gasteiger partial charge in [0.15, 0.2) is 5.78 Å². The number of fused-ring (bicyclic) bond motifs is 4. The second-order valence-corrected chi connectivity index (χ2v) is 9.60. The van der Waals surface area contributed by atoms with E-state index in [1.165, 1.54) is 25.7 Å². The summed E-state index contributed by atoms with van der Waals surface area (Å²) in [7, 11) is 0. The molecule has 0 atom stereocenters. The molecule has 2 bridgehead atoms. The third kappa shape index (κ3) is 3.95. The smallest absolute Gasteiger partial charge is 0.154 e. The highest BCUT2D eigenvalue weighted by atomic mass is 19.1. The molecular weight excluding hydrogens is 419 g/mol. The lowest BCUT2D eigenvalue weighted by molar-refractivity contribution is -0.120. The van der Waals surface area contributed by atoms with Crippen LogP contribution in [-0.2, 0) is 24.3 Å². The number of nitrogens with zero attached hydrogens (tertiary/aromatic N) is 6. The van der Waals surface area contributed by atoms with Crippen LogP contribution in [0.4, 0.5) is 4.39 Å². The zero-order valence-electron chi connectivity index (χ0n) is 18.8. The molecule has 3 aliphatic rings. The summed E-state index contributed by atoms with van der Waals surface area (Å²) in [6, 6.07) is 7.33. The molecule has 0 saturated carbocycles. The molecule has 172 valence electrons. The molecule has 0 radical (unpaired) electrons. The van der Waals surface area contributed by atoms with Gasteiger partial charge in [-0.05, 0) is 37.3 Å². The fraction of sp³-hybridized carbons (Fsp3) is 0.520. The number of alkyl halides is 1. The van der Waals surface area contributed by atoms with E-state index in [9.17, 15) is 9.18 Å². The number of benzene rings is 1. The first-order chi connectivity index (χ1) is 16.2. The van der Waals surface area contributed by atoms with E-state index in [4.69, 9.17) is 4.98 Å². The Bertz CT molecular complexity index is 1170. The third-order valence-electron chi connectivity index (χ3n) is 7.61. The van der Waals surface area contributed by atoms with Gasteiger partial charge in [0.2, 0.25) is 0 Å². The van der Waals surface area contributed by atoms with Crippen molar-refractivity contribution < 1.29 is 9.18 Å². The molecule has 0 unspecified atom stereocenters. The number of carbonyl (C=O) groups is 1. The number of hydrogen-bond donors (Lipinski definition) is 0. The zero-order valence-corrected chi connectivity index (χ0v) is 18.8. The van der Waals surface area contributed by atoms with Gasteiger partial charge in [-0.1, -0.05) is 12.1 Å². The lowest BCUT2D eigenvalue weighted by Gasteiger charge is -2.27. The fourth-order valence-corrected chi connectivity index (χ4v) is 5.88. The fourth-order valence-electron chi connectivity index (χ4n) is 5.88. The second-order valence-electron chi connectivity index (χ2n) is 9.60. The first-order valence-electron chi connectivity index (χ1n) is 12.0. The van der Waals surface area contributed by atoms with Crippen molar-refractivity contribution in [3.8, 4) is 11.1 Å². The van der Waals surface area contributed by atoms with Gasteiger partial charge in [-0.25, -0.2) is 14.4 Å². The Morgan fingerprint density at radius 3 is 2.70 bits per heavy atom. The molecule has 3 aliphatic heterocycles. The van der Waals surface area contributed by atoms with Crippen molar-refractivity contribution in [2.24, 2.45) is 0 Å². The number of aromatic nitrogens is 4. The van der Waals surface area contributed by atoms with Gasteiger partial charge in [0.05, 0.1) is 36.9 Å². The SMILES string of the molecule is O=C(Cc1ncc2ccc(-c3cnn4c3CN(CCF)CC4)cc2n1)CN1C2CCC1CC2. The maximum atomic E-state index is 12.9. The van der Waals surface area contributed by atoms with E-state index < -0.39 is 0 Å². The monoisotopic (exact) mass is 448 g/mol. The lowest BCUT2D eigenvalue weighted by atomic mass is 10.0. The zero-order chi connectivity index (χ0) is 22.4. The summed E-state index contributed by atoms with van der Waals surface area (Å²) in [6.07, 6.45) is 8.91. The highest BCUT2D eigenvalue weighted by Crippen LogP contribution is 2.37. The number of hydrogen-bond acceptors (Lipinski definition) is 6. The lowest BCUT2D eigenvalue weighted by Crippen LogP contribution is -2.35. The van der Waals surface area contributed by atoms with Crippen molar-refractivity contribution in [1.29, 1.82) is 0 Å². The first-order valence-corrected chi connectivity index (χ1v) is 12.0. The van der Waals surface area contributed by atoms with Crippen molar-refractivity contribution in [2.75, 3.05) is 26.3 Å². The normalized spacial score (nSPS) is 22.8. The van der Waals surface area contributed by atoms with E-state index in [-0.39, 0.29) is 18.9 Å². The molecule has 0 spiro atoms. The van der Waals surface area contributed by atoms with Crippen LogP contribution in [0.5, 0.6) is 0 Å². The van der Waals surface area contributed by atoms with Gasteiger partial charge in [0.25, 0.3) is 0 Å². The van der Waals surface area contributed by atoms with Crippen LogP contribution >= 0.6 is 0 Å². The largest absolute Gasteiger partial charge is 0.298 e. The van der Waals surface area contributed by atoms with E-state index in [2.05, 4.69) is 32.0 Å². The van der Waals surface area contributed by atoms with Crippen LogP contribution in [-0.4, -0.2) is 73.7 Å². The van der Waals surface area contributed by atoms with Crippen LogP contribution in [0.15, 0.2) is 30.6 Å². The molecule has 33 heavy (non-hydrogen) atoms. The summed E-state index contributed by atoms with van der Waals surface area (Å²) in [4.78, 5) is 26.5. The molecule has 7 nitrogen and oxygen atoms in total. The van der Waals surface area contributed by atoms with E-state index in [1.807, 2.05) is 23.1 Å². The minimum atomic E-state index is -0.336. The topological polar surface area (TPSA) is 67.2 Å². The molecule has 5 heterocycles.